The molecule has 5 heteroatoms. The van der Waals surface area contributed by atoms with E-state index >= 15 is 0 Å². The Kier molecular flexibility index (Phi) is 7.46. The first-order chi connectivity index (χ1) is 9.78. The van der Waals surface area contributed by atoms with Crippen molar-refractivity contribution >= 4 is 6.09 Å². The van der Waals surface area contributed by atoms with Crippen LogP contribution in [-0.4, -0.2) is 43.5 Å². The van der Waals surface area contributed by atoms with Gasteiger partial charge >= 0.3 is 6.09 Å². The minimum absolute atomic E-state index is 0.251. The third-order valence-electron chi connectivity index (χ3n) is 3.57. The zero-order chi connectivity index (χ0) is 15.9. The molecule has 5 nitrogen and oxygen atoms in total. The fourth-order valence-electron chi connectivity index (χ4n) is 2.37. The van der Waals surface area contributed by atoms with Crippen LogP contribution in [0.1, 0.15) is 53.9 Å². The molecule has 0 aliphatic carbocycles. The number of alkyl carbamates (subject to hydrolysis) is 1. The lowest BCUT2D eigenvalue weighted by atomic mass is 10.0. The van der Waals surface area contributed by atoms with Crippen LogP contribution >= 0.6 is 0 Å². The van der Waals surface area contributed by atoms with Crippen molar-refractivity contribution in [1.82, 2.24) is 10.6 Å². The predicted octanol–water partition coefficient (Wildman–Crippen LogP) is 2.69. The van der Waals surface area contributed by atoms with Gasteiger partial charge in [0.05, 0.1) is 0 Å². The monoisotopic (exact) mass is 300 g/mol. The summed E-state index contributed by atoms with van der Waals surface area (Å²) in [5.41, 5.74) is -0.455. The van der Waals surface area contributed by atoms with Crippen LogP contribution in [0.2, 0.25) is 0 Å². The van der Waals surface area contributed by atoms with Crippen molar-refractivity contribution < 1.29 is 14.3 Å². The van der Waals surface area contributed by atoms with E-state index in [1.54, 1.807) is 0 Å². The van der Waals surface area contributed by atoms with Gasteiger partial charge in [0.25, 0.3) is 0 Å². The van der Waals surface area contributed by atoms with Gasteiger partial charge in [-0.1, -0.05) is 13.8 Å². The number of ether oxygens (including phenoxy) is 2. The maximum atomic E-state index is 11.8. The lowest BCUT2D eigenvalue weighted by Crippen LogP contribution is -2.49. The summed E-state index contributed by atoms with van der Waals surface area (Å²) >= 11 is 0. The van der Waals surface area contributed by atoms with Gasteiger partial charge in [-0.15, -0.1) is 0 Å². The van der Waals surface area contributed by atoms with Gasteiger partial charge in [0.2, 0.25) is 0 Å². The van der Waals surface area contributed by atoms with Crippen LogP contribution in [0.25, 0.3) is 0 Å². The molecule has 0 spiro atoms. The molecular weight excluding hydrogens is 268 g/mol. The van der Waals surface area contributed by atoms with E-state index in [1.807, 2.05) is 20.8 Å². The van der Waals surface area contributed by atoms with Crippen LogP contribution < -0.4 is 10.6 Å². The molecule has 1 fully saturated rings. The summed E-state index contributed by atoms with van der Waals surface area (Å²) in [6.45, 7) is 12.2. The molecular formula is C16H32N2O3. The number of amides is 1. The molecule has 0 aromatic carbocycles. The van der Waals surface area contributed by atoms with Crippen molar-refractivity contribution in [2.75, 3.05) is 19.8 Å². The van der Waals surface area contributed by atoms with E-state index in [9.17, 15) is 4.79 Å². The van der Waals surface area contributed by atoms with Crippen LogP contribution in [0.5, 0.6) is 0 Å². The second-order valence-corrected chi connectivity index (χ2v) is 7.14. The van der Waals surface area contributed by atoms with Gasteiger partial charge in [-0.2, -0.15) is 0 Å². The van der Waals surface area contributed by atoms with Gasteiger partial charge in [-0.05, 0) is 46.0 Å². The Morgan fingerprint density at radius 3 is 2.62 bits per heavy atom. The molecule has 0 saturated carbocycles. The van der Waals surface area contributed by atoms with Crippen LogP contribution in [0.4, 0.5) is 4.79 Å². The lowest BCUT2D eigenvalue weighted by molar-refractivity contribution is 0.0517. The highest BCUT2D eigenvalue weighted by molar-refractivity contribution is 5.67. The molecule has 1 saturated heterocycles. The van der Waals surface area contributed by atoms with Crippen LogP contribution in [0, 0.1) is 5.92 Å². The summed E-state index contributed by atoms with van der Waals surface area (Å²) < 4.78 is 10.8. The van der Waals surface area contributed by atoms with Crippen molar-refractivity contribution in [3.63, 3.8) is 0 Å². The first kappa shape index (κ1) is 18.2. The van der Waals surface area contributed by atoms with E-state index in [4.69, 9.17) is 9.47 Å². The number of hydrogen-bond donors (Lipinski definition) is 2. The molecule has 0 aromatic heterocycles. The molecule has 2 N–H and O–H groups in total. The molecule has 1 aliphatic heterocycles. The van der Waals surface area contributed by atoms with Crippen molar-refractivity contribution in [2.24, 2.45) is 5.92 Å². The standard InChI is InChI=1S/C16H32N2O3/c1-12(2)14(11-17-15(19)21-16(3,4)5)18-13-7-6-9-20-10-8-13/h12-14,18H,6-11H2,1-5H3,(H,17,19). The van der Waals surface area contributed by atoms with E-state index in [2.05, 4.69) is 24.5 Å². The Morgan fingerprint density at radius 2 is 2.00 bits per heavy atom. The summed E-state index contributed by atoms with van der Waals surface area (Å²) in [7, 11) is 0. The minimum atomic E-state index is -0.455. The van der Waals surface area contributed by atoms with Crippen LogP contribution in [0.3, 0.4) is 0 Å². The second-order valence-electron chi connectivity index (χ2n) is 7.14. The molecule has 0 radical (unpaired) electrons. The third-order valence-corrected chi connectivity index (χ3v) is 3.57. The van der Waals surface area contributed by atoms with Crippen LogP contribution in [0.15, 0.2) is 0 Å². The molecule has 1 heterocycles. The maximum Gasteiger partial charge on any atom is 0.407 e. The van der Waals surface area contributed by atoms with Crippen molar-refractivity contribution in [3.8, 4) is 0 Å². The quantitative estimate of drug-likeness (QED) is 0.819. The highest BCUT2D eigenvalue weighted by Crippen LogP contribution is 2.12. The Morgan fingerprint density at radius 1 is 1.29 bits per heavy atom. The highest BCUT2D eigenvalue weighted by atomic mass is 16.6. The van der Waals surface area contributed by atoms with Gasteiger partial charge in [0, 0.05) is 31.8 Å². The van der Waals surface area contributed by atoms with E-state index in [-0.39, 0.29) is 12.1 Å². The fourth-order valence-corrected chi connectivity index (χ4v) is 2.37. The molecule has 1 rings (SSSR count). The normalized spacial score (nSPS) is 21.7. The SMILES string of the molecule is CC(C)C(CNC(=O)OC(C)(C)C)NC1CCCOCC1. The highest BCUT2D eigenvalue weighted by Gasteiger charge is 2.22. The summed E-state index contributed by atoms with van der Waals surface area (Å²) in [5, 5.41) is 6.53. The average molecular weight is 300 g/mol. The fraction of sp³-hybridized carbons (Fsp3) is 0.938. The maximum absolute atomic E-state index is 11.8. The minimum Gasteiger partial charge on any atom is -0.444 e. The first-order valence-corrected chi connectivity index (χ1v) is 8.08. The molecule has 21 heavy (non-hydrogen) atoms. The van der Waals surface area contributed by atoms with Gasteiger partial charge in [0.1, 0.15) is 5.60 Å². The Hall–Kier alpha value is -0.810. The number of rotatable bonds is 5. The number of carbonyl (C=O) groups is 1. The molecule has 0 aromatic rings. The Bertz CT molecular complexity index is 305. The Balaban J connectivity index is 2.40. The topological polar surface area (TPSA) is 59.6 Å². The predicted molar refractivity (Wildman–Crippen MR) is 84.5 cm³/mol. The lowest BCUT2D eigenvalue weighted by Gasteiger charge is -2.28. The Labute approximate surface area is 129 Å². The van der Waals surface area contributed by atoms with Crippen molar-refractivity contribution in [3.05, 3.63) is 0 Å². The second kappa shape index (κ2) is 8.59. The summed E-state index contributed by atoms with van der Waals surface area (Å²) in [6, 6.07) is 0.723. The largest absolute Gasteiger partial charge is 0.444 e. The van der Waals surface area contributed by atoms with E-state index < -0.39 is 5.60 Å². The molecule has 2 atom stereocenters. The zero-order valence-corrected chi connectivity index (χ0v) is 14.2. The van der Waals surface area contributed by atoms with E-state index in [0.717, 1.165) is 32.5 Å². The third kappa shape index (κ3) is 8.27. The van der Waals surface area contributed by atoms with Gasteiger partial charge < -0.3 is 20.1 Å². The summed E-state index contributed by atoms with van der Waals surface area (Å²) in [4.78, 5) is 11.8. The number of carbonyl (C=O) groups excluding carboxylic acids is 1. The number of nitrogens with one attached hydrogen (secondary N) is 2. The summed E-state index contributed by atoms with van der Waals surface area (Å²) in [5.74, 6) is 0.448. The summed E-state index contributed by atoms with van der Waals surface area (Å²) in [6.07, 6.45) is 2.92. The molecule has 124 valence electrons. The van der Waals surface area contributed by atoms with Crippen molar-refractivity contribution in [1.29, 1.82) is 0 Å². The smallest absolute Gasteiger partial charge is 0.407 e. The molecule has 1 aliphatic rings. The van der Waals surface area contributed by atoms with Gasteiger partial charge in [-0.25, -0.2) is 4.79 Å². The van der Waals surface area contributed by atoms with E-state index in [0.29, 0.717) is 18.5 Å². The van der Waals surface area contributed by atoms with Gasteiger partial charge in [0.15, 0.2) is 0 Å². The molecule has 0 bridgehead atoms. The molecule has 1 amide bonds. The first-order valence-electron chi connectivity index (χ1n) is 8.08. The molecule has 2 unspecified atom stereocenters. The van der Waals surface area contributed by atoms with Crippen LogP contribution in [-0.2, 0) is 9.47 Å². The van der Waals surface area contributed by atoms with Crippen molar-refractivity contribution in [2.45, 2.75) is 71.6 Å². The number of hydrogen-bond acceptors (Lipinski definition) is 4. The van der Waals surface area contributed by atoms with Gasteiger partial charge in [-0.3, -0.25) is 0 Å². The zero-order valence-electron chi connectivity index (χ0n) is 14.2. The average Bonchev–Trinajstić information content (AvgIpc) is 2.60. The van der Waals surface area contributed by atoms with E-state index in [1.165, 1.54) is 0 Å².